The van der Waals surface area contributed by atoms with Gasteiger partial charge in [-0.05, 0) is 6.07 Å². The van der Waals surface area contributed by atoms with Crippen LogP contribution in [0.4, 0.5) is 0 Å². The third kappa shape index (κ3) is 2.14. The Hall–Kier alpha value is -0.436. The molecule has 0 fully saturated rings. The van der Waals surface area contributed by atoms with Gasteiger partial charge in [0.05, 0.1) is 11.5 Å². The molecule has 2 N–H and O–H groups in total. The average molecular weight is 261 g/mol. The molecule has 3 heteroatoms. The van der Waals surface area contributed by atoms with E-state index in [2.05, 4.69) is 12.7 Å². The molecule has 0 aromatic heterocycles. The molecule has 1 radical (unpaired) electrons. The molecule has 0 saturated carbocycles. The summed E-state index contributed by atoms with van der Waals surface area (Å²) in [5.74, 6) is 1.45. The fraction of sp³-hybridized carbons (Fsp3) is 0.0909. The third-order valence-electron chi connectivity index (χ3n) is 1.92. The molecule has 2 nitrogen and oxygen atoms in total. The molecule has 0 aliphatic carbocycles. The Labute approximate surface area is 109 Å². The number of benzene rings is 1. The Balaban J connectivity index is 0.000000980. The molecule has 1 heterocycles. The normalized spacial score (nSPS) is 13.5. The van der Waals surface area contributed by atoms with E-state index in [9.17, 15) is 0 Å². The summed E-state index contributed by atoms with van der Waals surface area (Å²) in [5, 5.41) is 0. The van der Waals surface area contributed by atoms with Gasteiger partial charge in [0.1, 0.15) is 0 Å². The number of hydrogen-bond donors (Lipinski definition) is 1. The van der Waals surface area contributed by atoms with Gasteiger partial charge in [-0.25, -0.2) is 0 Å². The fourth-order valence-electron chi connectivity index (χ4n) is 1.29. The largest absolute Gasteiger partial charge is 0.486 e. The van der Waals surface area contributed by atoms with E-state index >= 15 is 0 Å². The van der Waals surface area contributed by atoms with Gasteiger partial charge in [-0.15, -0.1) is 12.1 Å². The first kappa shape index (κ1) is 11.6. The summed E-state index contributed by atoms with van der Waals surface area (Å²) < 4.78 is 5.47. The van der Waals surface area contributed by atoms with Crippen molar-refractivity contribution in [3.8, 4) is 5.75 Å². The molecule has 1 aliphatic rings. The van der Waals surface area contributed by atoms with Crippen LogP contribution >= 0.6 is 0 Å². The van der Waals surface area contributed by atoms with Gasteiger partial charge in [0.15, 0.2) is 0 Å². The van der Waals surface area contributed by atoms with Gasteiger partial charge in [0.25, 0.3) is 0 Å². The van der Waals surface area contributed by atoms with Crippen LogP contribution in [0.15, 0.2) is 36.6 Å². The predicted molar refractivity (Wildman–Crippen MR) is 51.9 cm³/mol. The van der Waals surface area contributed by atoms with Gasteiger partial charge in [-0.3, -0.25) is 0 Å². The minimum absolute atomic E-state index is 0. The summed E-state index contributed by atoms with van der Waals surface area (Å²) in [6.07, 6.45) is 3.00. The van der Waals surface area contributed by atoms with Crippen molar-refractivity contribution in [2.45, 2.75) is 0 Å². The number of allylic oxidation sites excluding steroid dienone is 2. The standard InChI is InChI=1S/C11H10NO.Y/c1-8-6-9(7-12)13-11-5-3-2-4-10(8)11;/h2-5H,1,7,12H2;/q-1;. The van der Waals surface area contributed by atoms with Crippen molar-refractivity contribution in [2.75, 3.05) is 6.54 Å². The molecule has 0 unspecified atom stereocenters. The average Bonchev–Trinajstić information content (AvgIpc) is 2.18. The van der Waals surface area contributed by atoms with E-state index in [0.29, 0.717) is 12.3 Å². The van der Waals surface area contributed by atoms with Gasteiger partial charge in [0.2, 0.25) is 0 Å². The zero-order valence-corrected chi connectivity index (χ0v) is 10.6. The molecule has 0 amide bonds. The molecule has 0 bridgehead atoms. The van der Waals surface area contributed by atoms with Crippen molar-refractivity contribution >= 4 is 5.57 Å². The molecule has 1 aromatic rings. The summed E-state index contributed by atoms with van der Waals surface area (Å²) in [6, 6.07) is 7.73. The van der Waals surface area contributed by atoms with Crippen molar-refractivity contribution in [2.24, 2.45) is 5.73 Å². The fourth-order valence-corrected chi connectivity index (χ4v) is 1.29. The van der Waals surface area contributed by atoms with Crippen LogP contribution < -0.4 is 10.5 Å². The van der Waals surface area contributed by atoms with Crippen molar-refractivity contribution in [3.63, 3.8) is 0 Å². The minimum Gasteiger partial charge on any atom is -0.486 e. The van der Waals surface area contributed by atoms with E-state index in [1.165, 1.54) is 0 Å². The van der Waals surface area contributed by atoms with Gasteiger partial charge in [-0.2, -0.15) is 12.2 Å². The van der Waals surface area contributed by atoms with Crippen LogP contribution in [0.2, 0.25) is 0 Å². The quantitative estimate of drug-likeness (QED) is 0.781. The maximum absolute atomic E-state index is 5.47. The van der Waals surface area contributed by atoms with E-state index in [4.69, 9.17) is 10.5 Å². The van der Waals surface area contributed by atoms with E-state index in [1.54, 1.807) is 0 Å². The second kappa shape index (κ2) is 4.88. The minimum atomic E-state index is 0. The van der Waals surface area contributed by atoms with Crippen LogP contribution in [0.1, 0.15) is 5.56 Å². The van der Waals surface area contributed by atoms with E-state index < -0.39 is 0 Å². The number of ether oxygens (including phenoxy) is 1. The van der Waals surface area contributed by atoms with E-state index in [0.717, 1.165) is 16.9 Å². The number of fused-ring (bicyclic) bond motifs is 1. The molecule has 0 saturated heterocycles. The smallest absolute Gasteiger partial charge is 0.0783 e. The molecule has 14 heavy (non-hydrogen) atoms. The Morgan fingerprint density at radius 3 is 2.79 bits per heavy atom. The zero-order chi connectivity index (χ0) is 9.26. The topological polar surface area (TPSA) is 35.2 Å². The predicted octanol–water partition coefficient (Wildman–Crippen LogP) is 1.74. The van der Waals surface area contributed by atoms with Crippen LogP contribution in [0, 0.1) is 6.08 Å². The molecule has 0 spiro atoms. The molecule has 0 atom stereocenters. The molecule has 69 valence electrons. The maximum atomic E-state index is 5.47. The first-order valence-corrected chi connectivity index (χ1v) is 4.10. The summed E-state index contributed by atoms with van der Waals surface area (Å²) in [4.78, 5) is 0. The molecule has 1 aliphatic heterocycles. The van der Waals surface area contributed by atoms with Crippen molar-refractivity contribution in [1.29, 1.82) is 0 Å². The first-order chi connectivity index (χ1) is 6.31. The SMILES string of the molecule is C=C1[C-]=C(CN)Oc2ccccc21.[Y]. The number of para-hydroxylation sites is 1. The molecule has 2 rings (SSSR count). The summed E-state index contributed by atoms with van der Waals surface area (Å²) in [6.45, 7) is 4.24. The second-order valence-corrected chi connectivity index (χ2v) is 2.83. The number of hydrogen-bond acceptors (Lipinski definition) is 2. The monoisotopic (exact) mass is 261 g/mol. The zero-order valence-electron chi connectivity index (χ0n) is 7.79. The van der Waals surface area contributed by atoms with Crippen LogP contribution in [0.3, 0.4) is 0 Å². The molecular formula is C11H10NOY-. The number of rotatable bonds is 1. The first-order valence-electron chi connectivity index (χ1n) is 4.10. The maximum Gasteiger partial charge on any atom is 0.0783 e. The Kier molecular flexibility index (Phi) is 4.05. The van der Waals surface area contributed by atoms with E-state index in [1.807, 2.05) is 24.3 Å². The summed E-state index contributed by atoms with van der Waals surface area (Å²) in [5.41, 5.74) is 7.28. The van der Waals surface area contributed by atoms with Crippen LogP contribution in [0.5, 0.6) is 5.75 Å². The van der Waals surface area contributed by atoms with Gasteiger partial charge < -0.3 is 10.5 Å². The third-order valence-corrected chi connectivity index (χ3v) is 1.92. The molecule has 1 aromatic carbocycles. The second-order valence-electron chi connectivity index (χ2n) is 2.83. The van der Waals surface area contributed by atoms with Crippen molar-refractivity contribution in [3.05, 3.63) is 48.2 Å². The summed E-state index contributed by atoms with van der Waals surface area (Å²) in [7, 11) is 0. The van der Waals surface area contributed by atoms with Gasteiger partial charge in [0, 0.05) is 39.3 Å². The van der Waals surface area contributed by atoms with Crippen molar-refractivity contribution in [1.82, 2.24) is 0 Å². The number of nitrogens with two attached hydrogens (primary N) is 1. The Bertz CT molecular complexity index is 385. The van der Waals surface area contributed by atoms with Gasteiger partial charge in [-0.1, -0.05) is 17.7 Å². The van der Waals surface area contributed by atoms with Crippen molar-refractivity contribution < 1.29 is 37.4 Å². The van der Waals surface area contributed by atoms with E-state index in [-0.39, 0.29) is 32.7 Å². The molecular weight excluding hydrogens is 251 g/mol. The summed E-state index contributed by atoms with van der Waals surface area (Å²) >= 11 is 0. The van der Waals surface area contributed by atoms with Crippen LogP contribution in [-0.4, -0.2) is 6.54 Å². The Morgan fingerprint density at radius 1 is 1.36 bits per heavy atom. The van der Waals surface area contributed by atoms with Crippen LogP contribution in [-0.2, 0) is 32.7 Å². The Morgan fingerprint density at radius 2 is 2.07 bits per heavy atom. The van der Waals surface area contributed by atoms with Gasteiger partial charge >= 0.3 is 0 Å². The van der Waals surface area contributed by atoms with Crippen LogP contribution in [0.25, 0.3) is 5.57 Å².